The zero-order valence-corrected chi connectivity index (χ0v) is 12.8. The molecule has 0 radical (unpaired) electrons. The molecule has 1 aromatic carbocycles. The van der Waals surface area contributed by atoms with Crippen LogP contribution in [0.1, 0.15) is 31.9 Å². The highest BCUT2D eigenvalue weighted by molar-refractivity contribution is 9.10. The molecule has 1 aliphatic rings. The molecule has 0 spiro atoms. The standard InChI is InChI=1S/C15H22BrNO/c1-12(2)7-8-17-9-10-18-15(11-17)13-3-5-14(16)6-4-13/h3-6,12,15H,7-11H2,1-2H3. The van der Waals surface area contributed by atoms with Gasteiger partial charge in [0.2, 0.25) is 0 Å². The van der Waals surface area contributed by atoms with E-state index >= 15 is 0 Å². The molecule has 3 heteroatoms. The predicted molar refractivity (Wildman–Crippen MR) is 78.7 cm³/mol. The van der Waals surface area contributed by atoms with Crippen molar-refractivity contribution in [3.8, 4) is 0 Å². The molecule has 1 atom stereocenters. The quantitative estimate of drug-likeness (QED) is 0.837. The van der Waals surface area contributed by atoms with Crippen LogP contribution in [0.15, 0.2) is 28.7 Å². The highest BCUT2D eigenvalue weighted by Gasteiger charge is 2.21. The van der Waals surface area contributed by atoms with Gasteiger partial charge in [-0.3, -0.25) is 4.90 Å². The molecule has 1 unspecified atom stereocenters. The molecule has 1 heterocycles. The van der Waals surface area contributed by atoms with Crippen molar-refractivity contribution in [3.63, 3.8) is 0 Å². The van der Waals surface area contributed by atoms with Crippen molar-refractivity contribution in [2.24, 2.45) is 5.92 Å². The van der Waals surface area contributed by atoms with Crippen LogP contribution in [0.4, 0.5) is 0 Å². The minimum absolute atomic E-state index is 0.235. The van der Waals surface area contributed by atoms with Crippen LogP contribution in [0, 0.1) is 5.92 Å². The fourth-order valence-corrected chi connectivity index (χ4v) is 2.49. The summed E-state index contributed by atoms with van der Waals surface area (Å²) >= 11 is 3.47. The molecule has 1 aliphatic heterocycles. The maximum absolute atomic E-state index is 5.88. The van der Waals surface area contributed by atoms with Crippen LogP contribution >= 0.6 is 15.9 Å². The monoisotopic (exact) mass is 311 g/mol. The minimum Gasteiger partial charge on any atom is -0.371 e. The van der Waals surface area contributed by atoms with Gasteiger partial charge in [0.15, 0.2) is 0 Å². The van der Waals surface area contributed by atoms with Gasteiger partial charge in [0.25, 0.3) is 0 Å². The van der Waals surface area contributed by atoms with E-state index in [1.807, 2.05) is 0 Å². The molecule has 0 aromatic heterocycles. The van der Waals surface area contributed by atoms with E-state index in [9.17, 15) is 0 Å². The Morgan fingerprint density at radius 2 is 2.06 bits per heavy atom. The van der Waals surface area contributed by atoms with Gasteiger partial charge >= 0.3 is 0 Å². The number of benzene rings is 1. The van der Waals surface area contributed by atoms with E-state index in [0.29, 0.717) is 0 Å². The Hall–Kier alpha value is -0.380. The molecule has 2 rings (SSSR count). The van der Waals surface area contributed by atoms with Crippen molar-refractivity contribution < 1.29 is 4.74 Å². The lowest BCUT2D eigenvalue weighted by Crippen LogP contribution is -2.39. The summed E-state index contributed by atoms with van der Waals surface area (Å²) < 4.78 is 7.01. The predicted octanol–water partition coefficient (Wildman–Crippen LogP) is 3.87. The molecule has 0 amide bonds. The van der Waals surface area contributed by atoms with E-state index < -0.39 is 0 Å². The third-order valence-electron chi connectivity index (χ3n) is 3.42. The molecular weight excluding hydrogens is 290 g/mol. The van der Waals surface area contributed by atoms with Crippen LogP contribution in [0.3, 0.4) is 0 Å². The zero-order valence-electron chi connectivity index (χ0n) is 11.2. The maximum atomic E-state index is 5.88. The van der Waals surface area contributed by atoms with Gasteiger partial charge in [0, 0.05) is 17.6 Å². The second-order valence-electron chi connectivity index (χ2n) is 5.39. The molecule has 0 aliphatic carbocycles. The van der Waals surface area contributed by atoms with Crippen LogP contribution in [0.5, 0.6) is 0 Å². The number of hydrogen-bond donors (Lipinski definition) is 0. The summed E-state index contributed by atoms with van der Waals surface area (Å²) in [5.41, 5.74) is 1.28. The Kier molecular flexibility index (Phi) is 5.22. The van der Waals surface area contributed by atoms with E-state index in [1.165, 1.54) is 18.5 Å². The summed E-state index contributed by atoms with van der Waals surface area (Å²) in [6, 6.07) is 8.49. The van der Waals surface area contributed by atoms with Gasteiger partial charge in [-0.1, -0.05) is 41.9 Å². The van der Waals surface area contributed by atoms with Crippen LogP contribution in [0.2, 0.25) is 0 Å². The first kappa shape index (κ1) is 14.0. The van der Waals surface area contributed by atoms with Gasteiger partial charge in [0.1, 0.15) is 0 Å². The fraction of sp³-hybridized carbons (Fsp3) is 0.600. The van der Waals surface area contributed by atoms with Gasteiger partial charge in [-0.15, -0.1) is 0 Å². The van der Waals surface area contributed by atoms with Gasteiger partial charge < -0.3 is 4.74 Å². The Labute approximate surface area is 118 Å². The number of halogens is 1. The van der Waals surface area contributed by atoms with Crippen LogP contribution < -0.4 is 0 Å². The molecule has 0 bridgehead atoms. The molecular formula is C15H22BrNO. The van der Waals surface area contributed by atoms with E-state index in [-0.39, 0.29) is 6.10 Å². The highest BCUT2D eigenvalue weighted by atomic mass is 79.9. The van der Waals surface area contributed by atoms with Crippen LogP contribution in [0.25, 0.3) is 0 Å². The summed E-state index contributed by atoms with van der Waals surface area (Å²) in [4.78, 5) is 2.52. The second-order valence-corrected chi connectivity index (χ2v) is 6.31. The lowest BCUT2D eigenvalue weighted by molar-refractivity contribution is -0.0310. The first-order valence-electron chi connectivity index (χ1n) is 6.74. The molecule has 18 heavy (non-hydrogen) atoms. The third kappa shape index (κ3) is 4.08. The van der Waals surface area contributed by atoms with Crippen molar-refractivity contribution >= 4 is 15.9 Å². The fourth-order valence-electron chi connectivity index (χ4n) is 2.23. The summed E-state index contributed by atoms with van der Waals surface area (Å²) in [5, 5.41) is 0. The number of nitrogens with zero attached hydrogens (tertiary/aromatic N) is 1. The first-order valence-corrected chi connectivity index (χ1v) is 7.54. The van der Waals surface area contributed by atoms with Gasteiger partial charge in [-0.25, -0.2) is 0 Å². The van der Waals surface area contributed by atoms with E-state index in [4.69, 9.17) is 4.74 Å². The van der Waals surface area contributed by atoms with Gasteiger partial charge in [0.05, 0.1) is 12.7 Å². The van der Waals surface area contributed by atoms with Crippen molar-refractivity contribution in [1.29, 1.82) is 0 Å². The molecule has 2 nitrogen and oxygen atoms in total. The van der Waals surface area contributed by atoms with E-state index in [1.54, 1.807) is 0 Å². The Balaban J connectivity index is 1.91. The van der Waals surface area contributed by atoms with Crippen LogP contribution in [-0.2, 0) is 4.74 Å². The minimum atomic E-state index is 0.235. The average molecular weight is 312 g/mol. The topological polar surface area (TPSA) is 12.5 Å². The molecule has 0 saturated carbocycles. The maximum Gasteiger partial charge on any atom is 0.0952 e. The van der Waals surface area contributed by atoms with Crippen molar-refractivity contribution in [3.05, 3.63) is 34.3 Å². The Morgan fingerprint density at radius 1 is 1.33 bits per heavy atom. The number of rotatable bonds is 4. The highest BCUT2D eigenvalue weighted by Crippen LogP contribution is 2.24. The van der Waals surface area contributed by atoms with Gasteiger partial charge in [-0.2, -0.15) is 0 Å². The number of morpholine rings is 1. The Morgan fingerprint density at radius 3 is 2.72 bits per heavy atom. The second kappa shape index (κ2) is 6.69. The SMILES string of the molecule is CC(C)CCN1CCOC(c2ccc(Br)cc2)C1. The average Bonchev–Trinajstić information content (AvgIpc) is 2.37. The molecule has 1 saturated heterocycles. The lowest BCUT2D eigenvalue weighted by atomic mass is 10.1. The normalized spacial score (nSPS) is 21.4. The number of ether oxygens (including phenoxy) is 1. The molecule has 0 N–H and O–H groups in total. The summed E-state index contributed by atoms with van der Waals surface area (Å²) in [6.07, 6.45) is 1.51. The Bertz CT molecular complexity index is 363. The molecule has 100 valence electrons. The third-order valence-corrected chi connectivity index (χ3v) is 3.94. The largest absolute Gasteiger partial charge is 0.371 e. The molecule has 1 fully saturated rings. The van der Waals surface area contributed by atoms with Gasteiger partial charge in [-0.05, 0) is 36.6 Å². The van der Waals surface area contributed by atoms with Crippen molar-refractivity contribution in [1.82, 2.24) is 4.90 Å². The molecule has 1 aromatic rings. The summed E-state index contributed by atoms with van der Waals surface area (Å²) in [7, 11) is 0. The van der Waals surface area contributed by atoms with Crippen molar-refractivity contribution in [2.75, 3.05) is 26.2 Å². The van der Waals surface area contributed by atoms with Crippen molar-refractivity contribution in [2.45, 2.75) is 26.4 Å². The smallest absolute Gasteiger partial charge is 0.0952 e. The lowest BCUT2D eigenvalue weighted by Gasteiger charge is -2.33. The van der Waals surface area contributed by atoms with E-state index in [2.05, 4.69) is 58.9 Å². The summed E-state index contributed by atoms with van der Waals surface area (Å²) in [5.74, 6) is 0.777. The number of hydrogen-bond acceptors (Lipinski definition) is 2. The van der Waals surface area contributed by atoms with E-state index in [0.717, 1.165) is 30.1 Å². The first-order chi connectivity index (χ1) is 8.65. The van der Waals surface area contributed by atoms with Crippen LogP contribution in [-0.4, -0.2) is 31.1 Å². The zero-order chi connectivity index (χ0) is 13.0. The summed E-state index contributed by atoms with van der Waals surface area (Å²) in [6.45, 7) is 8.69.